The molecule has 6 heterocycles. The van der Waals surface area contributed by atoms with Crippen molar-refractivity contribution < 1.29 is 41.5 Å². The Morgan fingerprint density at radius 3 is 2.50 bits per heavy atom. The number of amides is 5. The molecule has 5 fully saturated rings. The van der Waals surface area contributed by atoms with Crippen LogP contribution >= 0.6 is 11.6 Å². The van der Waals surface area contributed by atoms with Gasteiger partial charge in [0, 0.05) is 95.2 Å². The molecule has 4 N–H and O–H groups in total. The van der Waals surface area contributed by atoms with Crippen LogP contribution in [-0.2, 0) is 32.5 Å². The summed E-state index contributed by atoms with van der Waals surface area (Å²) in [4.78, 5) is 74.0. The number of likely N-dealkylation sites (tertiary alicyclic amines) is 1. The van der Waals surface area contributed by atoms with Gasteiger partial charge in [-0.05, 0) is 122 Å². The summed E-state index contributed by atoms with van der Waals surface area (Å²) in [6, 6.07) is 14.5. The van der Waals surface area contributed by atoms with Crippen LogP contribution in [0.25, 0.3) is 0 Å². The van der Waals surface area contributed by atoms with Gasteiger partial charge in [-0.15, -0.1) is 0 Å². The minimum atomic E-state index is -4.69. The maximum absolute atomic E-state index is 16.5. The Morgan fingerprint density at radius 1 is 0.986 bits per heavy atom. The van der Waals surface area contributed by atoms with E-state index < -0.39 is 58.5 Å². The van der Waals surface area contributed by atoms with Gasteiger partial charge in [0.25, 0.3) is 11.8 Å². The molecule has 5 amide bonds. The number of halogens is 5. The van der Waals surface area contributed by atoms with Crippen molar-refractivity contribution in [3.05, 3.63) is 122 Å². The van der Waals surface area contributed by atoms with Crippen LogP contribution in [0.5, 0.6) is 0 Å². The zero-order valence-corrected chi connectivity index (χ0v) is 40.9. The summed E-state index contributed by atoms with van der Waals surface area (Å²) < 4.78 is 58.6. The van der Waals surface area contributed by atoms with Crippen molar-refractivity contribution in [3.8, 4) is 11.8 Å². The number of benzene rings is 3. The molecule has 2 saturated carbocycles. The van der Waals surface area contributed by atoms with Crippen LogP contribution in [-0.4, -0.2) is 81.6 Å². The molecule has 0 radical (unpaired) electrons. The largest absolute Gasteiger partial charge is 0.433 e. The van der Waals surface area contributed by atoms with E-state index in [-0.39, 0.29) is 76.7 Å². The highest BCUT2D eigenvalue weighted by atomic mass is 35.5. The molecule has 0 unspecified atom stereocenters. The molecular weight excluding hydrogens is 950 g/mol. The van der Waals surface area contributed by atoms with Crippen LogP contribution in [0.2, 0.25) is 5.02 Å². The van der Waals surface area contributed by atoms with E-state index in [1.807, 2.05) is 11.0 Å². The lowest BCUT2D eigenvalue weighted by Gasteiger charge is -2.52. The second-order valence-electron chi connectivity index (χ2n) is 21.9. The van der Waals surface area contributed by atoms with Crippen LogP contribution in [0, 0.1) is 41.3 Å². The highest BCUT2D eigenvalue weighted by molar-refractivity contribution is 6.30. The van der Waals surface area contributed by atoms with E-state index in [4.69, 9.17) is 11.6 Å². The highest BCUT2D eigenvalue weighted by Gasteiger charge is 2.70. The van der Waals surface area contributed by atoms with Crippen molar-refractivity contribution in [1.29, 1.82) is 0 Å². The number of carbonyl (C=O) groups excluding carboxylic acids is 5. The predicted octanol–water partition coefficient (Wildman–Crippen LogP) is 8.65. The third-order valence-corrected chi connectivity index (χ3v) is 17.4. The normalized spacial score (nSPS) is 27.8. The molecule has 6 atom stereocenters. The Labute approximate surface area is 419 Å². The summed E-state index contributed by atoms with van der Waals surface area (Å²) >= 11 is 6.45. The van der Waals surface area contributed by atoms with E-state index in [1.54, 1.807) is 49.4 Å². The molecule has 5 aliphatic heterocycles. The molecule has 2 aliphatic carbocycles. The predicted molar refractivity (Wildman–Crippen MR) is 260 cm³/mol. The number of alkyl halides is 3. The highest BCUT2D eigenvalue weighted by Crippen LogP contribution is 2.64. The Balaban J connectivity index is 0.797. The van der Waals surface area contributed by atoms with E-state index in [0.29, 0.717) is 53.9 Å². The minimum absolute atomic E-state index is 0.00973. The van der Waals surface area contributed by atoms with Gasteiger partial charge in [0.15, 0.2) is 0 Å². The molecule has 7 aliphatic rings. The fourth-order valence-electron chi connectivity index (χ4n) is 13.5. The summed E-state index contributed by atoms with van der Waals surface area (Å²) in [5.74, 6) is 3.68. The number of aryl methyl sites for hydroxylation is 1. The first-order valence-corrected chi connectivity index (χ1v) is 25.1. The van der Waals surface area contributed by atoms with Gasteiger partial charge in [0.1, 0.15) is 17.6 Å². The molecule has 72 heavy (non-hydrogen) atoms. The number of imide groups is 1. The SMILES string of the molecule is Cc1cc(C(=O)N2CCC3(CC2)C[C@@H]3C#Cc2cccc3c2CN([C@H]2CCC(=O)NC2=O)C3=O)ccc1NC(=O)[C@@H]1N[C@]2(CCCC(C)(C)C2)[C@@]2(CNc3cc(C(F)(F)F)ncc32)[C@H]1c1cccc(Cl)c1F. The van der Waals surface area contributed by atoms with Crippen molar-refractivity contribution in [3.63, 3.8) is 0 Å². The van der Waals surface area contributed by atoms with Gasteiger partial charge < -0.3 is 20.4 Å². The van der Waals surface area contributed by atoms with Gasteiger partial charge >= 0.3 is 6.18 Å². The van der Waals surface area contributed by atoms with Crippen molar-refractivity contribution in [1.82, 2.24) is 25.4 Å². The van der Waals surface area contributed by atoms with Crippen LogP contribution in [0.15, 0.2) is 66.9 Å². The monoisotopic (exact) mass is 1000 g/mol. The summed E-state index contributed by atoms with van der Waals surface area (Å²) in [5.41, 5.74) is 1.24. The molecule has 12 nitrogen and oxygen atoms in total. The summed E-state index contributed by atoms with van der Waals surface area (Å²) in [5, 5.41) is 12.3. The lowest BCUT2D eigenvalue weighted by molar-refractivity contribution is -0.141. The number of nitrogens with one attached hydrogen (secondary N) is 4. The van der Waals surface area contributed by atoms with Crippen molar-refractivity contribution in [2.24, 2.45) is 16.7 Å². The minimum Gasteiger partial charge on any atom is -0.384 e. The first-order chi connectivity index (χ1) is 34.2. The third kappa shape index (κ3) is 7.84. The van der Waals surface area contributed by atoms with Crippen LogP contribution in [0.3, 0.4) is 0 Å². The molecule has 17 heteroatoms. The maximum atomic E-state index is 16.5. The number of piperidine rings is 2. The van der Waals surface area contributed by atoms with Gasteiger partial charge in [0.05, 0.1) is 11.1 Å². The second-order valence-corrected chi connectivity index (χ2v) is 22.3. The van der Waals surface area contributed by atoms with E-state index in [0.717, 1.165) is 49.3 Å². The number of fused-ring (bicyclic) bond motifs is 4. The van der Waals surface area contributed by atoms with E-state index in [9.17, 15) is 37.1 Å². The summed E-state index contributed by atoms with van der Waals surface area (Å²) in [6.45, 7) is 7.55. The van der Waals surface area contributed by atoms with Crippen molar-refractivity contribution in [2.45, 2.75) is 120 Å². The average Bonchev–Trinajstić information content (AvgIpc) is 3.55. The lowest BCUT2D eigenvalue weighted by atomic mass is 9.53. The quantitative estimate of drug-likeness (QED) is 0.0882. The van der Waals surface area contributed by atoms with E-state index in [2.05, 4.69) is 51.9 Å². The molecule has 3 spiro atoms. The Morgan fingerprint density at radius 2 is 1.76 bits per heavy atom. The second kappa shape index (κ2) is 17.2. The Bertz CT molecular complexity index is 3070. The number of pyridine rings is 1. The third-order valence-electron chi connectivity index (χ3n) is 17.1. The standard InChI is InChI=1S/C55H54ClF4N7O5/c1-30-23-32(49(71)66-21-19-52(20-22-66)25-33(52)13-11-31-7-4-8-34-36(31)27-67(50(34)72)41-15-16-43(68)64-47(41)69)12-14-39(30)63-48(70)46-44(35-9-5-10-38(56)45(35)57)54(53(65-46)18-6-17-51(2,3)28-53)29-62-40-24-42(55(58,59)60)61-26-37(40)54/h4-5,7-10,12,14,23-24,26,33,41,44,46,62,65H,6,15-22,25,27-29H2,1-3H3,(H,63,70)(H,64,68,69)/t33-,41-,44-,46+,53-,54+/m0/s1. The molecule has 374 valence electrons. The van der Waals surface area contributed by atoms with Crippen LogP contribution < -0.4 is 21.3 Å². The van der Waals surface area contributed by atoms with Gasteiger partial charge in [-0.2, -0.15) is 13.2 Å². The summed E-state index contributed by atoms with van der Waals surface area (Å²) in [6.07, 6.45) is 2.28. The van der Waals surface area contributed by atoms with Crippen LogP contribution in [0.4, 0.5) is 28.9 Å². The zero-order chi connectivity index (χ0) is 50.7. The molecule has 4 aromatic rings. The lowest BCUT2D eigenvalue weighted by Crippen LogP contribution is -2.60. The number of hydrogen-bond donors (Lipinski definition) is 4. The number of anilines is 2. The Kier molecular flexibility index (Phi) is 11.4. The molecule has 1 aromatic heterocycles. The fraction of sp³-hybridized carbons (Fsp3) is 0.455. The van der Waals surface area contributed by atoms with E-state index in [1.165, 1.54) is 17.2 Å². The molecule has 3 aromatic carbocycles. The van der Waals surface area contributed by atoms with Gasteiger partial charge in [-0.3, -0.25) is 39.6 Å². The maximum Gasteiger partial charge on any atom is 0.433 e. The summed E-state index contributed by atoms with van der Waals surface area (Å²) in [7, 11) is 0. The van der Waals surface area contributed by atoms with Gasteiger partial charge in [0.2, 0.25) is 17.7 Å². The molecule has 11 rings (SSSR count). The fourth-order valence-corrected chi connectivity index (χ4v) is 13.7. The van der Waals surface area contributed by atoms with Gasteiger partial charge in [-0.1, -0.05) is 61.9 Å². The average molecular weight is 1000 g/mol. The molecule has 0 bridgehead atoms. The van der Waals surface area contributed by atoms with Gasteiger partial charge in [-0.25, -0.2) is 4.39 Å². The molecular formula is C55H54ClF4N7O5. The number of rotatable bonds is 5. The first kappa shape index (κ1) is 48.0. The molecule has 3 saturated heterocycles. The van der Waals surface area contributed by atoms with Crippen molar-refractivity contribution >= 4 is 52.5 Å². The Hall–Kier alpha value is -6.31. The van der Waals surface area contributed by atoms with Crippen LogP contribution in [0.1, 0.15) is 132 Å². The number of carbonyl (C=O) groups is 5. The number of hydrogen-bond acceptors (Lipinski definition) is 8. The van der Waals surface area contributed by atoms with E-state index >= 15 is 4.39 Å². The topological polar surface area (TPSA) is 153 Å². The number of nitrogens with zero attached hydrogens (tertiary/aromatic N) is 3. The van der Waals surface area contributed by atoms with Crippen molar-refractivity contribution in [2.75, 3.05) is 30.3 Å². The number of aromatic nitrogens is 1. The smallest absolute Gasteiger partial charge is 0.384 e. The first-order valence-electron chi connectivity index (χ1n) is 24.8. The zero-order valence-electron chi connectivity index (χ0n) is 40.1.